The molecule has 0 bridgehead atoms. The lowest BCUT2D eigenvalue weighted by Crippen LogP contribution is -2.46. The second kappa shape index (κ2) is 9.19. The van der Waals surface area contributed by atoms with Gasteiger partial charge in [-0.2, -0.15) is 0 Å². The number of amides is 2. The van der Waals surface area contributed by atoms with E-state index in [1.54, 1.807) is 20.8 Å². The molecule has 0 saturated carbocycles. The molecule has 0 aliphatic heterocycles. The van der Waals surface area contributed by atoms with Crippen LogP contribution in [-0.2, 0) is 22.6 Å². The molecule has 144 valence electrons. The van der Waals surface area contributed by atoms with E-state index in [4.69, 9.17) is 15.2 Å². The Morgan fingerprint density at radius 1 is 1.00 bits per heavy atom. The number of nitrogens with one attached hydrogen (secondary N) is 1. The molecule has 1 atom stereocenters. The van der Waals surface area contributed by atoms with Crippen LogP contribution in [-0.4, -0.2) is 23.6 Å². The monoisotopic (exact) mass is 370 g/mol. The van der Waals surface area contributed by atoms with Crippen molar-refractivity contribution < 1.29 is 19.1 Å². The Labute approximate surface area is 159 Å². The van der Waals surface area contributed by atoms with Crippen molar-refractivity contribution in [2.75, 3.05) is 0 Å². The topological polar surface area (TPSA) is 90.7 Å². The fraction of sp³-hybridized carbons (Fsp3) is 0.333. The lowest BCUT2D eigenvalue weighted by molar-refractivity contribution is -0.121. The van der Waals surface area contributed by atoms with Crippen molar-refractivity contribution in [2.45, 2.75) is 45.4 Å². The summed E-state index contributed by atoms with van der Waals surface area (Å²) >= 11 is 0. The number of ether oxygens (including phenoxy) is 2. The second-order valence-electron chi connectivity index (χ2n) is 7.22. The maximum atomic E-state index is 12.0. The summed E-state index contributed by atoms with van der Waals surface area (Å²) in [5.41, 5.74) is 7.16. The minimum absolute atomic E-state index is 0.299. The molecule has 2 aromatic rings. The van der Waals surface area contributed by atoms with E-state index in [-0.39, 0.29) is 0 Å². The second-order valence-corrected chi connectivity index (χ2v) is 7.22. The van der Waals surface area contributed by atoms with Gasteiger partial charge in [-0.25, -0.2) is 4.79 Å². The molecule has 0 spiro atoms. The van der Waals surface area contributed by atoms with Crippen molar-refractivity contribution in [1.82, 2.24) is 5.32 Å². The molecule has 6 heteroatoms. The van der Waals surface area contributed by atoms with E-state index in [2.05, 4.69) is 5.32 Å². The van der Waals surface area contributed by atoms with Crippen LogP contribution in [0.3, 0.4) is 0 Å². The van der Waals surface area contributed by atoms with E-state index in [0.29, 0.717) is 13.0 Å². The summed E-state index contributed by atoms with van der Waals surface area (Å²) in [7, 11) is 0. The summed E-state index contributed by atoms with van der Waals surface area (Å²) in [6.07, 6.45) is -0.499. The van der Waals surface area contributed by atoms with Gasteiger partial charge in [-0.1, -0.05) is 42.5 Å². The van der Waals surface area contributed by atoms with Gasteiger partial charge in [-0.05, 0) is 50.5 Å². The molecule has 27 heavy (non-hydrogen) atoms. The molecule has 0 aliphatic rings. The van der Waals surface area contributed by atoms with E-state index in [9.17, 15) is 9.59 Å². The van der Waals surface area contributed by atoms with Crippen LogP contribution in [0.2, 0.25) is 0 Å². The fourth-order valence-corrected chi connectivity index (χ4v) is 2.31. The first kappa shape index (κ1) is 20.5. The molecule has 0 aromatic heterocycles. The average molecular weight is 370 g/mol. The van der Waals surface area contributed by atoms with Crippen LogP contribution in [0.15, 0.2) is 54.6 Å². The maximum Gasteiger partial charge on any atom is 0.414 e. The van der Waals surface area contributed by atoms with Crippen LogP contribution in [0.25, 0.3) is 0 Å². The normalized spacial score (nSPS) is 12.1. The van der Waals surface area contributed by atoms with Gasteiger partial charge in [0.1, 0.15) is 18.0 Å². The fourth-order valence-electron chi connectivity index (χ4n) is 2.31. The van der Waals surface area contributed by atoms with Crippen LogP contribution in [0, 0.1) is 0 Å². The first-order valence-electron chi connectivity index (χ1n) is 8.78. The minimum atomic E-state index is -0.853. The Balaban J connectivity index is 1.82. The molecular formula is C21H26N2O4. The van der Waals surface area contributed by atoms with Gasteiger partial charge in [0.25, 0.3) is 0 Å². The number of hydrogen-bond donors (Lipinski definition) is 2. The van der Waals surface area contributed by atoms with Crippen LogP contribution in [0.5, 0.6) is 5.75 Å². The van der Waals surface area contributed by atoms with E-state index in [1.807, 2.05) is 54.6 Å². The quantitative estimate of drug-likeness (QED) is 0.815. The number of imide groups is 1. The maximum absolute atomic E-state index is 12.0. The Hall–Kier alpha value is -2.86. The highest BCUT2D eigenvalue weighted by Gasteiger charge is 2.21. The third kappa shape index (κ3) is 7.50. The van der Waals surface area contributed by atoms with E-state index in [1.165, 1.54) is 0 Å². The first-order valence-corrected chi connectivity index (χ1v) is 8.78. The molecule has 2 amide bonds. The summed E-state index contributed by atoms with van der Waals surface area (Å²) in [6.45, 7) is 5.65. The molecule has 0 fully saturated rings. The molecule has 0 radical (unpaired) electrons. The molecule has 2 aromatic carbocycles. The van der Waals surface area contributed by atoms with Crippen LogP contribution >= 0.6 is 0 Å². The predicted octanol–water partition coefficient (Wildman–Crippen LogP) is 3.19. The number of carbonyl (C=O) groups is 2. The highest BCUT2D eigenvalue weighted by molar-refractivity contribution is 5.94. The van der Waals surface area contributed by atoms with Gasteiger partial charge < -0.3 is 15.2 Å². The molecule has 2 rings (SSSR count). The summed E-state index contributed by atoms with van der Waals surface area (Å²) in [5.74, 6) is 0.156. The van der Waals surface area contributed by atoms with Crippen LogP contribution in [0.4, 0.5) is 4.79 Å². The van der Waals surface area contributed by atoms with Gasteiger partial charge >= 0.3 is 6.09 Å². The zero-order chi connectivity index (χ0) is 19.9. The van der Waals surface area contributed by atoms with Gasteiger partial charge in [0.05, 0.1) is 6.04 Å². The first-order chi connectivity index (χ1) is 12.7. The van der Waals surface area contributed by atoms with Crippen molar-refractivity contribution in [3.05, 3.63) is 65.7 Å². The van der Waals surface area contributed by atoms with Gasteiger partial charge in [0, 0.05) is 0 Å². The smallest absolute Gasteiger partial charge is 0.414 e. The van der Waals surface area contributed by atoms with E-state index < -0.39 is 23.6 Å². The summed E-state index contributed by atoms with van der Waals surface area (Å²) in [6, 6.07) is 16.4. The molecular weight excluding hydrogens is 344 g/mol. The van der Waals surface area contributed by atoms with Gasteiger partial charge in [0.2, 0.25) is 5.91 Å². The molecule has 3 N–H and O–H groups in total. The molecule has 0 heterocycles. The zero-order valence-corrected chi connectivity index (χ0v) is 15.9. The Bertz CT molecular complexity index is 752. The minimum Gasteiger partial charge on any atom is -0.489 e. The number of benzene rings is 2. The van der Waals surface area contributed by atoms with Crippen molar-refractivity contribution in [1.29, 1.82) is 0 Å². The van der Waals surface area contributed by atoms with Crippen LogP contribution in [0.1, 0.15) is 31.9 Å². The Morgan fingerprint density at radius 2 is 1.63 bits per heavy atom. The molecule has 0 aliphatic carbocycles. The average Bonchev–Trinajstić information content (AvgIpc) is 2.60. The number of carbonyl (C=O) groups excluding carboxylic acids is 2. The van der Waals surface area contributed by atoms with Gasteiger partial charge in [-0.3, -0.25) is 10.1 Å². The standard InChI is InChI=1S/C21H26N2O4/c1-21(2,3)27-20(25)23-19(24)18(22)13-15-9-11-17(12-10-15)26-14-16-7-5-4-6-8-16/h4-12,18H,13-14,22H2,1-3H3,(H,23,24,25). The molecule has 6 nitrogen and oxygen atoms in total. The third-order valence-electron chi connectivity index (χ3n) is 3.59. The Morgan fingerprint density at radius 3 is 2.22 bits per heavy atom. The van der Waals surface area contributed by atoms with E-state index in [0.717, 1.165) is 16.9 Å². The number of rotatable bonds is 6. The number of nitrogens with two attached hydrogens (primary N) is 1. The van der Waals surface area contributed by atoms with E-state index >= 15 is 0 Å². The lowest BCUT2D eigenvalue weighted by atomic mass is 10.1. The summed E-state index contributed by atoms with van der Waals surface area (Å²) in [4.78, 5) is 23.6. The van der Waals surface area contributed by atoms with Crippen molar-refractivity contribution in [3.63, 3.8) is 0 Å². The number of hydrogen-bond acceptors (Lipinski definition) is 5. The van der Waals surface area contributed by atoms with Crippen LogP contribution < -0.4 is 15.8 Å². The highest BCUT2D eigenvalue weighted by atomic mass is 16.6. The molecule has 1 unspecified atom stereocenters. The third-order valence-corrected chi connectivity index (χ3v) is 3.59. The van der Waals surface area contributed by atoms with Crippen molar-refractivity contribution in [2.24, 2.45) is 5.73 Å². The van der Waals surface area contributed by atoms with Gasteiger partial charge in [0.15, 0.2) is 0 Å². The highest BCUT2D eigenvalue weighted by Crippen LogP contribution is 2.15. The predicted molar refractivity (Wildman–Crippen MR) is 103 cm³/mol. The zero-order valence-electron chi connectivity index (χ0n) is 15.9. The van der Waals surface area contributed by atoms with Gasteiger partial charge in [-0.15, -0.1) is 0 Å². The largest absolute Gasteiger partial charge is 0.489 e. The number of alkyl carbamates (subject to hydrolysis) is 1. The van der Waals surface area contributed by atoms with Crippen molar-refractivity contribution in [3.8, 4) is 5.75 Å². The van der Waals surface area contributed by atoms with Crippen molar-refractivity contribution >= 4 is 12.0 Å². The lowest BCUT2D eigenvalue weighted by Gasteiger charge is -2.20. The summed E-state index contributed by atoms with van der Waals surface area (Å²) in [5, 5.41) is 2.16. The molecule has 0 saturated heterocycles. The summed E-state index contributed by atoms with van der Waals surface area (Å²) < 4.78 is 10.8. The SMILES string of the molecule is CC(C)(C)OC(=O)NC(=O)C(N)Cc1ccc(OCc2ccccc2)cc1. The Kier molecular flexibility index (Phi) is 6.96.